The molecule has 5 heteroatoms. The van der Waals surface area contributed by atoms with Crippen LogP contribution in [0.2, 0.25) is 18.1 Å². The third-order valence-corrected chi connectivity index (χ3v) is 8.65. The predicted molar refractivity (Wildman–Crippen MR) is 94.0 cm³/mol. The molecule has 0 aromatic carbocycles. The molecule has 1 atom stereocenters. The van der Waals surface area contributed by atoms with Crippen molar-refractivity contribution in [2.24, 2.45) is 0 Å². The predicted octanol–water partition coefficient (Wildman–Crippen LogP) is 3.71. The van der Waals surface area contributed by atoms with Gasteiger partial charge in [-0.15, -0.1) is 0 Å². The molecule has 1 aromatic rings. The summed E-state index contributed by atoms with van der Waals surface area (Å²) < 4.78 is 6.25. The molecule has 0 radical (unpaired) electrons. The van der Waals surface area contributed by atoms with Crippen molar-refractivity contribution < 1.29 is 9.53 Å². The van der Waals surface area contributed by atoms with Crippen LogP contribution in [0.1, 0.15) is 38.1 Å². The molecular weight excluding hydrogens is 292 g/mol. The Bertz CT molecular complexity index is 508. The second kappa shape index (κ2) is 7.40. The summed E-state index contributed by atoms with van der Waals surface area (Å²) in [7, 11) is 2.02. The standard InChI is InChI=1S/C17H30N2O2Si/c1-17(2,3)22(6,7)21-13-14-9-8-11-18-16(14)15(20)10-12-19(4)5/h8-12,15,20H,13H2,1-7H3. The maximum atomic E-state index is 10.3. The Balaban J connectivity index is 2.89. The van der Waals surface area contributed by atoms with E-state index in [9.17, 15) is 5.11 Å². The molecule has 0 aliphatic heterocycles. The van der Waals surface area contributed by atoms with E-state index >= 15 is 0 Å². The lowest BCUT2D eigenvalue weighted by atomic mass is 10.1. The number of hydrogen-bond acceptors (Lipinski definition) is 4. The van der Waals surface area contributed by atoms with Gasteiger partial charge in [-0.05, 0) is 36.5 Å². The monoisotopic (exact) mass is 322 g/mol. The largest absolute Gasteiger partial charge is 0.412 e. The molecule has 0 saturated carbocycles. The number of rotatable bonds is 6. The molecule has 1 unspecified atom stereocenters. The highest BCUT2D eigenvalue weighted by molar-refractivity contribution is 6.74. The number of pyridine rings is 1. The lowest BCUT2D eigenvalue weighted by molar-refractivity contribution is 0.214. The molecule has 0 fully saturated rings. The Morgan fingerprint density at radius 1 is 1.36 bits per heavy atom. The van der Waals surface area contributed by atoms with Gasteiger partial charge in [-0.1, -0.05) is 26.8 Å². The van der Waals surface area contributed by atoms with Crippen LogP contribution < -0.4 is 0 Å². The van der Waals surface area contributed by atoms with Gasteiger partial charge in [0.2, 0.25) is 0 Å². The molecule has 0 saturated heterocycles. The lowest BCUT2D eigenvalue weighted by Crippen LogP contribution is -2.40. The second-order valence-corrected chi connectivity index (χ2v) is 12.2. The molecule has 0 spiro atoms. The Labute approximate surface area is 136 Å². The van der Waals surface area contributed by atoms with Gasteiger partial charge in [0.1, 0.15) is 6.10 Å². The fourth-order valence-electron chi connectivity index (χ4n) is 1.66. The zero-order valence-corrected chi connectivity index (χ0v) is 15.9. The average molecular weight is 323 g/mol. The number of aliphatic hydroxyl groups is 1. The molecule has 0 bridgehead atoms. The molecule has 0 aliphatic rings. The van der Waals surface area contributed by atoms with E-state index in [1.807, 2.05) is 37.3 Å². The maximum absolute atomic E-state index is 10.3. The lowest BCUT2D eigenvalue weighted by Gasteiger charge is -2.36. The first-order valence-electron chi connectivity index (χ1n) is 7.65. The van der Waals surface area contributed by atoms with Crippen molar-refractivity contribution in [3.05, 3.63) is 41.9 Å². The highest BCUT2D eigenvalue weighted by atomic mass is 28.4. The highest BCUT2D eigenvalue weighted by Gasteiger charge is 2.37. The van der Waals surface area contributed by atoms with Crippen LogP contribution in [0, 0.1) is 0 Å². The summed E-state index contributed by atoms with van der Waals surface area (Å²) in [6.45, 7) is 11.6. The summed E-state index contributed by atoms with van der Waals surface area (Å²) in [6.07, 6.45) is 4.55. The fraction of sp³-hybridized carbons (Fsp3) is 0.588. The fourth-order valence-corrected chi connectivity index (χ4v) is 2.61. The van der Waals surface area contributed by atoms with Gasteiger partial charge in [0.05, 0.1) is 12.3 Å². The summed E-state index contributed by atoms with van der Waals surface area (Å²) in [5.74, 6) is 0. The normalized spacial score (nSPS) is 14.4. The zero-order valence-electron chi connectivity index (χ0n) is 14.9. The quantitative estimate of drug-likeness (QED) is 0.811. The van der Waals surface area contributed by atoms with Crippen molar-refractivity contribution in [2.45, 2.75) is 51.6 Å². The molecule has 124 valence electrons. The van der Waals surface area contributed by atoms with Crippen molar-refractivity contribution in [3.8, 4) is 0 Å². The maximum Gasteiger partial charge on any atom is 0.192 e. The minimum atomic E-state index is -1.82. The number of aliphatic hydroxyl groups excluding tert-OH is 1. The Morgan fingerprint density at radius 3 is 2.55 bits per heavy atom. The van der Waals surface area contributed by atoms with E-state index in [-0.39, 0.29) is 5.04 Å². The van der Waals surface area contributed by atoms with E-state index in [0.29, 0.717) is 12.3 Å². The molecule has 22 heavy (non-hydrogen) atoms. The topological polar surface area (TPSA) is 45.6 Å². The van der Waals surface area contributed by atoms with Crippen LogP contribution in [-0.4, -0.2) is 37.4 Å². The van der Waals surface area contributed by atoms with Gasteiger partial charge < -0.3 is 14.4 Å². The molecule has 1 aromatic heterocycles. The van der Waals surface area contributed by atoms with Crippen molar-refractivity contribution >= 4 is 8.32 Å². The van der Waals surface area contributed by atoms with E-state index in [1.54, 1.807) is 12.3 Å². The summed E-state index contributed by atoms with van der Waals surface area (Å²) >= 11 is 0. The van der Waals surface area contributed by atoms with E-state index in [4.69, 9.17) is 4.43 Å². The van der Waals surface area contributed by atoms with Crippen LogP contribution in [0.15, 0.2) is 30.6 Å². The second-order valence-electron chi connectivity index (χ2n) is 7.35. The van der Waals surface area contributed by atoms with Crippen LogP contribution in [0.4, 0.5) is 0 Å². The van der Waals surface area contributed by atoms with Gasteiger partial charge >= 0.3 is 0 Å². The summed E-state index contributed by atoms with van der Waals surface area (Å²) in [6, 6.07) is 3.86. The third-order valence-electron chi connectivity index (χ3n) is 4.17. The van der Waals surface area contributed by atoms with Gasteiger partial charge in [-0.2, -0.15) is 0 Å². The Hall–Kier alpha value is -1.17. The first-order chi connectivity index (χ1) is 10.0. The highest BCUT2D eigenvalue weighted by Crippen LogP contribution is 2.37. The van der Waals surface area contributed by atoms with Gasteiger partial charge in [-0.25, -0.2) is 0 Å². The molecule has 0 aliphatic carbocycles. The van der Waals surface area contributed by atoms with E-state index in [0.717, 1.165) is 5.56 Å². The van der Waals surface area contributed by atoms with E-state index in [1.165, 1.54) is 0 Å². The van der Waals surface area contributed by atoms with Crippen LogP contribution >= 0.6 is 0 Å². The molecule has 1 rings (SSSR count). The molecule has 0 amide bonds. The van der Waals surface area contributed by atoms with Gasteiger partial charge in [0.15, 0.2) is 8.32 Å². The van der Waals surface area contributed by atoms with Crippen molar-refractivity contribution in [1.29, 1.82) is 0 Å². The first-order valence-corrected chi connectivity index (χ1v) is 10.6. The number of nitrogens with zero attached hydrogens (tertiary/aromatic N) is 2. The SMILES string of the molecule is CN(C)C=CC(O)c1ncccc1CO[Si](C)(C)C(C)(C)C. The van der Waals surface area contributed by atoms with Gasteiger partial charge in [0.25, 0.3) is 0 Å². The van der Waals surface area contributed by atoms with Crippen LogP contribution in [0.25, 0.3) is 0 Å². The molecule has 1 heterocycles. The average Bonchev–Trinajstić information content (AvgIpc) is 2.41. The zero-order chi connectivity index (χ0) is 17.0. The summed E-state index contributed by atoms with van der Waals surface area (Å²) in [5, 5.41) is 10.5. The van der Waals surface area contributed by atoms with Gasteiger partial charge in [0, 0.05) is 25.9 Å². The smallest absolute Gasteiger partial charge is 0.192 e. The molecule has 4 nitrogen and oxygen atoms in total. The van der Waals surface area contributed by atoms with Gasteiger partial charge in [-0.3, -0.25) is 4.98 Å². The van der Waals surface area contributed by atoms with Crippen molar-refractivity contribution in [3.63, 3.8) is 0 Å². The van der Waals surface area contributed by atoms with Crippen LogP contribution in [-0.2, 0) is 11.0 Å². The number of aromatic nitrogens is 1. The van der Waals surface area contributed by atoms with Crippen molar-refractivity contribution in [2.75, 3.05) is 14.1 Å². The van der Waals surface area contributed by atoms with E-state index < -0.39 is 14.4 Å². The van der Waals surface area contributed by atoms with E-state index in [2.05, 4.69) is 38.8 Å². The minimum absolute atomic E-state index is 0.165. The van der Waals surface area contributed by atoms with Crippen LogP contribution in [0.5, 0.6) is 0 Å². The third kappa shape index (κ3) is 5.23. The molecule has 1 N–H and O–H groups in total. The Morgan fingerprint density at radius 2 is 2.00 bits per heavy atom. The van der Waals surface area contributed by atoms with Crippen molar-refractivity contribution in [1.82, 2.24) is 9.88 Å². The minimum Gasteiger partial charge on any atom is -0.412 e. The molecular formula is C17H30N2O2Si. The first kappa shape index (κ1) is 18.9. The Kier molecular flexibility index (Phi) is 6.34. The number of hydrogen-bond donors (Lipinski definition) is 1. The summed E-state index contributed by atoms with van der Waals surface area (Å²) in [4.78, 5) is 6.22. The van der Waals surface area contributed by atoms with Crippen LogP contribution in [0.3, 0.4) is 0 Å². The summed E-state index contributed by atoms with van der Waals surface area (Å²) in [5.41, 5.74) is 1.61.